The fourth-order valence-electron chi connectivity index (χ4n) is 5.03. The predicted octanol–water partition coefficient (Wildman–Crippen LogP) is 4.61. The molecule has 3 N–H and O–H groups in total. The highest BCUT2D eigenvalue weighted by atomic mass is 19.3. The van der Waals surface area contributed by atoms with E-state index in [1.165, 1.54) is 18.1 Å². The average molecular weight is 524 g/mol. The number of halogens is 4. The van der Waals surface area contributed by atoms with Crippen LogP contribution in [0.3, 0.4) is 0 Å². The Kier molecular flexibility index (Phi) is 8.61. The summed E-state index contributed by atoms with van der Waals surface area (Å²) in [7, 11) is 1.40. The van der Waals surface area contributed by atoms with Crippen LogP contribution in [0, 0.1) is 5.82 Å². The van der Waals surface area contributed by atoms with Gasteiger partial charge in [-0.15, -0.1) is 0 Å². The molecule has 0 saturated heterocycles. The number of para-hydroxylation sites is 1. The number of rotatable bonds is 12. The Balaban J connectivity index is 1.79. The molecule has 0 saturated carbocycles. The number of nitrogens with one attached hydrogen (secondary N) is 2. The molecule has 0 spiro atoms. The van der Waals surface area contributed by atoms with E-state index in [4.69, 9.17) is 9.47 Å². The highest BCUT2D eigenvalue weighted by Crippen LogP contribution is 2.46. The number of methoxy groups -OCH3 is 1. The van der Waals surface area contributed by atoms with E-state index in [1.807, 2.05) is 31.2 Å². The smallest absolute Gasteiger partial charge is 0.283 e. The summed E-state index contributed by atoms with van der Waals surface area (Å²) in [5, 5.41) is 13.3. The number of aromatic amines is 1. The van der Waals surface area contributed by atoms with E-state index in [9.17, 15) is 18.3 Å². The molecule has 202 valence electrons. The molecular formula is C27H33F4N3O3. The molecule has 37 heavy (non-hydrogen) atoms. The molecule has 2 atom stereocenters. The van der Waals surface area contributed by atoms with Crippen LogP contribution in [0.4, 0.5) is 17.6 Å². The fourth-order valence-corrected chi connectivity index (χ4v) is 5.03. The molecule has 0 radical (unpaired) electrons. The normalized spacial score (nSPS) is 18.2. The monoisotopic (exact) mass is 523 g/mol. The molecule has 1 unspecified atom stereocenters. The Morgan fingerprint density at radius 3 is 2.65 bits per heavy atom. The van der Waals surface area contributed by atoms with Crippen LogP contribution in [0.5, 0.6) is 11.5 Å². The Morgan fingerprint density at radius 2 is 1.92 bits per heavy atom. The first-order chi connectivity index (χ1) is 17.8. The van der Waals surface area contributed by atoms with Gasteiger partial charge in [-0.05, 0) is 50.1 Å². The van der Waals surface area contributed by atoms with Gasteiger partial charge in [0.1, 0.15) is 19.0 Å². The van der Waals surface area contributed by atoms with Gasteiger partial charge in [0.2, 0.25) is 0 Å². The molecule has 4 rings (SSSR count). The Morgan fingerprint density at radius 1 is 1.16 bits per heavy atom. The summed E-state index contributed by atoms with van der Waals surface area (Å²) < 4.78 is 68.7. The number of H-pyrrole nitrogens is 1. The van der Waals surface area contributed by atoms with E-state index >= 15 is 4.39 Å². The lowest BCUT2D eigenvalue weighted by molar-refractivity contribution is -0.0868. The number of fused-ring (bicyclic) bond motifs is 3. The molecule has 2 aromatic carbocycles. The fraction of sp³-hybridized carbons (Fsp3) is 0.481. The highest BCUT2D eigenvalue weighted by molar-refractivity contribution is 5.85. The lowest BCUT2D eigenvalue weighted by atomic mass is 9.87. The molecule has 0 aliphatic carbocycles. The second kappa shape index (κ2) is 11.7. The Bertz CT molecular complexity index is 1200. The van der Waals surface area contributed by atoms with Crippen molar-refractivity contribution in [3.8, 4) is 11.5 Å². The molecule has 0 amide bonds. The molecule has 1 aromatic heterocycles. The van der Waals surface area contributed by atoms with Crippen molar-refractivity contribution in [2.45, 2.75) is 37.8 Å². The average Bonchev–Trinajstić information content (AvgIpc) is 3.25. The van der Waals surface area contributed by atoms with E-state index in [0.717, 1.165) is 16.5 Å². The first kappa shape index (κ1) is 27.2. The van der Waals surface area contributed by atoms with E-state index in [0.29, 0.717) is 31.6 Å². The molecular weight excluding hydrogens is 490 g/mol. The molecule has 0 bridgehead atoms. The summed E-state index contributed by atoms with van der Waals surface area (Å²) in [6.07, 6.45) is 0.851. The van der Waals surface area contributed by atoms with Crippen LogP contribution in [0.1, 0.15) is 36.2 Å². The van der Waals surface area contributed by atoms with Crippen LogP contribution in [-0.4, -0.2) is 73.6 Å². The van der Waals surface area contributed by atoms with E-state index in [2.05, 4.69) is 10.3 Å². The van der Waals surface area contributed by atoms with Crippen molar-refractivity contribution in [2.75, 3.05) is 46.6 Å². The number of aromatic nitrogens is 1. The van der Waals surface area contributed by atoms with Crippen molar-refractivity contribution in [3.63, 3.8) is 0 Å². The first-order valence-electron chi connectivity index (χ1n) is 12.4. The number of aliphatic hydroxyl groups excluding tert-OH is 1. The van der Waals surface area contributed by atoms with Crippen LogP contribution >= 0.6 is 0 Å². The van der Waals surface area contributed by atoms with Gasteiger partial charge in [-0.1, -0.05) is 18.2 Å². The summed E-state index contributed by atoms with van der Waals surface area (Å²) in [5.41, 5.74) is 2.45. The standard InChI is InChI=1S/C27H33F4N3O3/c1-17-14-19-18-6-3-4-7-20(18)33-25(19)26(34(17)15-27(30,31)16-35)23-21(36-2)8-9-22(24(23)29)37-13-12-32-11-5-10-28/h3-4,6-9,17,26,32-33,35H,5,10-16H2,1-2H3/t17-,26?/m1/s1. The third kappa shape index (κ3) is 5.71. The van der Waals surface area contributed by atoms with Crippen molar-refractivity contribution in [2.24, 2.45) is 0 Å². The van der Waals surface area contributed by atoms with Gasteiger partial charge in [0.15, 0.2) is 11.6 Å². The first-order valence-corrected chi connectivity index (χ1v) is 12.4. The maximum Gasteiger partial charge on any atom is 0.283 e. The van der Waals surface area contributed by atoms with Gasteiger partial charge in [-0.3, -0.25) is 9.29 Å². The van der Waals surface area contributed by atoms with Crippen LogP contribution in [0.2, 0.25) is 0 Å². The SMILES string of the molecule is COc1ccc(OCCNCCCF)c(F)c1C1c2[nH]c3ccccc3c2C[C@@H](C)N1CC(F)(F)CO. The van der Waals surface area contributed by atoms with Gasteiger partial charge in [0.25, 0.3) is 5.92 Å². The highest BCUT2D eigenvalue weighted by Gasteiger charge is 2.43. The lowest BCUT2D eigenvalue weighted by Crippen LogP contribution is -2.49. The number of ether oxygens (including phenoxy) is 2. The quantitative estimate of drug-likeness (QED) is 0.239. The van der Waals surface area contributed by atoms with Gasteiger partial charge >= 0.3 is 0 Å². The minimum Gasteiger partial charge on any atom is -0.496 e. The van der Waals surface area contributed by atoms with E-state index in [1.54, 1.807) is 6.07 Å². The summed E-state index contributed by atoms with van der Waals surface area (Å²) in [6.45, 7) is 0.317. The van der Waals surface area contributed by atoms with Gasteiger partial charge in [0, 0.05) is 29.2 Å². The molecule has 3 aromatic rings. The van der Waals surface area contributed by atoms with Gasteiger partial charge in [0.05, 0.1) is 31.9 Å². The maximum absolute atomic E-state index is 16.1. The second-order valence-electron chi connectivity index (χ2n) is 9.34. The topological polar surface area (TPSA) is 69.8 Å². The molecule has 1 aliphatic heterocycles. The summed E-state index contributed by atoms with van der Waals surface area (Å²) in [4.78, 5) is 4.85. The van der Waals surface area contributed by atoms with Crippen LogP contribution in [-0.2, 0) is 6.42 Å². The predicted molar refractivity (Wildman–Crippen MR) is 134 cm³/mol. The zero-order chi connectivity index (χ0) is 26.6. The van der Waals surface area contributed by atoms with Gasteiger partial charge in [-0.2, -0.15) is 0 Å². The zero-order valence-electron chi connectivity index (χ0n) is 21.0. The minimum absolute atomic E-state index is 0.0344. The number of nitrogens with zero attached hydrogens (tertiary/aromatic N) is 1. The minimum atomic E-state index is -3.39. The molecule has 1 aliphatic rings. The summed E-state index contributed by atoms with van der Waals surface area (Å²) in [5.74, 6) is -3.93. The van der Waals surface area contributed by atoms with Crippen molar-refractivity contribution < 1.29 is 32.1 Å². The zero-order valence-corrected chi connectivity index (χ0v) is 21.0. The van der Waals surface area contributed by atoms with Crippen molar-refractivity contribution in [1.29, 1.82) is 0 Å². The lowest BCUT2D eigenvalue weighted by Gasteiger charge is -2.42. The van der Waals surface area contributed by atoms with Crippen LogP contribution in [0.25, 0.3) is 10.9 Å². The van der Waals surface area contributed by atoms with E-state index in [-0.39, 0.29) is 29.7 Å². The van der Waals surface area contributed by atoms with Crippen molar-refractivity contribution >= 4 is 10.9 Å². The summed E-state index contributed by atoms with van der Waals surface area (Å²) in [6, 6.07) is 9.31. The van der Waals surface area contributed by atoms with Crippen LogP contribution in [0.15, 0.2) is 36.4 Å². The van der Waals surface area contributed by atoms with Crippen LogP contribution < -0.4 is 14.8 Å². The third-order valence-electron chi connectivity index (χ3n) is 6.78. The number of hydrogen-bond donors (Lipinski definition) is 3. The largest absolute Gasteiger partial charge is 0.496 e. The van der Waals surface area contributed by atoms with Crippen molar-refractivity contribution in [1.82, 2.24) is 15.2 Å². The number of benzene rings is 2. The molecule has 2 heterocycles. The molecule has 6 nitrogen and oxygen atoms in total. The third-order valence-corrected chi connectivity index (χ3v) is 6.78. The molecule has 10 heteroatoms. The Labute approximate surface area is 213 Å². The Hall–Kier alpha value is -2.82. The van der Waals surface area contributed by atoms with Gasteiger partial charge in [-0.25, -0.2) is 13.2 Å². The van der Waals surface area contributed by atoms with Crippen molar-refractivity contribution in [3.05, 3.63) is 59.0 Å². The second-order valence-corrected chi connectivity index (χ2v) is 9.34. The number of hydrogen-bond acceptors (Lipinski definition) is 5. The number of aliphatic hydroxyl groups is 1. The summed E-state index contributed by atoms with van der Waals surface area (Å²) >= 11 is 0. The van der Waals surface area contributed by atoms with E-state index < -0.39 is 37.6 Å². The number of alkyl halides is 3. The van der Waals surface area contributed by atoms with Gasteiger partial charge < -0.3 is 24.9 Å². The molecule has 0 fully saturated rings. The maximum atomic E-state index is 16.1.